The first-order valence-corrected chi connectivity index (χ1v) is 30.6. The number of nitrogens with one attached hydrogen (secondary N) is 2. The molecule has 2 saturated carbocycles. The number of likely N-dealkylation sites (N-methyl/N-ethyl adjacent to an activating group) is 2. The van der Waals surface area contributed by atoms with Crippen molar-refractivity contribution in [2.45, 2.75) is 214 Å². The molecular weight excluding hydrogens is 1400 g/mol. The summed E-state index contributed by atoms with van der Waals surface area (Å²) >= 11 is 3.21. The van der Waals surface area contributed by atoms with Crippen molar-refractivity contribution in [3.63, 3.8) is 0 Å². The fourth-order valence-electron chi connectivity index (χ4n) is 10.1. The van der Waals surface area contributed by atoms with Gasteiger partial charge in [0.2, 0.25) is 0 Å². The standard InChI is InChI=1S/2C23H40N2O.3C7H8.C6H5BrO.3ClH.2In/c2*1-22(2,3)17-13-16(21(26)18(14-17)23(4,5)6)15-24-19-11-9-10-12-20(19)25(7)8;3*1-7-5-3-2-4-6-7;7-5-1-3-6(8)4-2-5;;;;;/h2*13-14,19-20,24,26H,9-12,15H2,1-8H3;3*2-6H,1H3;1-4,8H;3*1H;;/q;;;;;;;;;2*+3/p-6/t2*19-,20-;;;;;;;;;/m00........./s1. The fourth-order valence-corrected chi connectivity index (χ4v) is 10.3. The molecule has 470 valence electrons. The van der Waals surface area contributed by atoms with Gasteiger partial charge < -0.3 is 73.0 Å². The van der Waals surface area contributed by atoms with Crippen LogP contribution in [-0.4, -0.2) is 114 Å². The summed E-state index contributed by atoms with van der Waals surface area (Å²) < 4.78 is 0.942. The predicted molar refractivity (Wildman–Crippen MR) is 358 cm³/mol. The van der Waals surface area contributed by atoms with Crippen LogP contribution in [0.25, 0.3) is 0 Å². The van der Waals surface area contributed by atoms with Crippen LogP contribution in [0.5, 0.6) is 17.2 Å². The van der Waals surface area contributed by atoms with Crippen molar-refractivity contribution >= 4 is 67.6 Å². The molecule has 0 aliphatic heterocycles. The summed E-state index contributed by atoms with van der Waals surface area (Å²) in [6.45, 7) is 33.7. The van der Waals surface area contributed by atoms with E-state index in [9.17, 15) is 15.3 Å². The second-order valence-electron chi connectivity index (χ2n) is 27.0. The molecule has 8 rings (SSSR count). The average molecular weight is 1500 g/mol. The van der Waals surface area contributed by atoms with E-state index in [1.807, 2.05) is 54.6 Å². The number of rotatable bonds is 8. The Balaban J connectivity index is -0.00000105. The molecule has 2 N–H and O–H groups in total. The molecular formula is C73H106BrCl3In2N4O3. The largest absolute Gasteiger partial charge is 3.00 e. The molecule has 13 heteroatoms. The van der Waals surface area contributed by atoms with Gasteiger partial charge in [0.25, 0.3) is 0 Å². The molecule has 0 bridgehead atoms. The third kappa shape index (κ3) is 32.6. The van der Waals surface area contributed by atoms with Crippen LogP contribution < -0.4 is 63.2 Å². The predicted octanol–water partition coefficient (Wildman–Crippen LogP) is 6.39. The van der Waals surface area contributed by atoms with Gasteiger partial charge in [0.05, 0.1) is 0 Å². The molecule has 4 atom stereocenters. The molecule has 0 spiro atoms. The minimum atomic E-state index is -0.135. The average Bonchev–Trinajstić information content (AvgIpc) is 1.77. The Labute approximate surface area is 588 Å². The van der Waals surface area contributed by atoms with Crippen molar-refractivity contribution in [3.05, 3.63) is 194 Å². The van der Waals surface area contributed by atoms with E-state index in [1.54, 1.807) is 12.1 Å². The maximum atomic E-state index is 13.1. The number of halogens is 4. The van der Waals surface area contributed by atoms with Crippen LogP contribution >= 0.6 is 15.9 Å². The van der Waals surface area contributed by atoms with Gasteiger partial charge in [-0.05, 0) is 142 Å². The summed E-state index contributed by atoms with van der Waals surface area (Å²) in [4.78, 5) is 4.67. The summed E-state index contributed by atoms with van der Waals surface area (Å²) in [7, 11) is 8.67. The molecule has 7 nitrogen and oxygen atoms in total. The number of aryl methyl sites for hydroxylation is 3. The first kappa shape index (κ1) is 87.9. The Kier molecular flexibility index (Phi) is 43.6. The zero-order chi connectivity index (χ0) is 60.7. The molecule has 86 heavy (non-hydrogen) atoms. The van der Waals surface area contributed by atoms with E-state index in [0.29, 0.717) is 37.3 Å². The van der Waals surface area contributed by atoms with Gasteiger partial charge in [0, 0.05) is 41.7 Å². The monoisotopic (exact) mass is 1500 g/mol. The van der Waals surface area contributed by atoms with Gasteiger partial charge in [-0.3, -0.25) is 0 Å². The maximum Gasteiger partial charge on any atom is 3.00 e. The van der Waals surface area contributed by atoms with E-state index in [-0.39, 0.29) is 128 Å². The second-order valence-corrected chi connectivity index (χ2v) is 28.0. The molecule has 0 saturated heterocycles. The smallest absolute Gasteiger partial charge is 1.00 e. The molecule has 0 amide bonds. The van der Waals surface area contributed by atoms with Crippen molar-refractivity contribution in [1.29, 1.82) is 0 Å². The van der Waals surface area contributed by atoms with Crippen molar-refractivity contribution in [3.8, 4) is 17.2 Å². The first-order chi connectivity index (χ1) is 37.8. The van der Waals surface area contributed by atoms with Gasteiger partial charge in [0.1, 0.15) is 0 Å². The zero-order valence-corrected chi connectivity index (χ0v) is 66.4. The van der Waals surface area contributed by atoms with Gasteiger partial charge in [-0.2, -0.15) is 0 Å². The van der Waals surface area contributed by atoms with Gasteiger partial charge in [-0.15, -0.1) is 17.2 Å². The maximum absolute atomic E-state index is 13.1. The van der Waals surface area contributed by atoms with Crippen molar-refractivity contribution < 1.29 is 52.5 Å². The molecule has 2 aliphatic rings. The topological polar surface area (TPSA) is 99.7 Å². The minimum absolute atomic E-state index is 0. The minimum Gasteiger partial charge on any atom is -1.00 e. The van der Waals surface area contributed by atoms with Crippen LogP contribution in [0.3, 0.4) is 0 Å². The summed E-state index contributed by atoms with van der Waals surface area (Å²) in [5.74, 6) is 0.485. The summed E-state index contributed by atoms with van der Waals surface area (Å²) in [6.07, 6.45) is 10.0. The van der Waals surface area contributed by atoms with Gasteiger partial charge in [-0.1, -0.05) is 269 Å². The molecule has 2 aliphatic carbocycles. The summed E-state index contributed by atoms with van der Waals surface area (Å²) in [6, 6.07) is 47.9. The molecule has 0 aromatic heterocycles. The van der Waals surface area contributed by atoms with Crippen LogP contribution in [0, 0.1) is 20.8 Å². The van der Waals surface area contributed by atoms with E-state index >= 15 is 0 Å². The molecule has 6 aromatic carbocycles. The van der Waals surface area contributed by atoms with E-state index in [2.05, 4.69) is 229 Å². The third-order valence-corrected chi connectivity index (χ3v) is 15.7. The first-order valence-electron chi connectivity index (χ1n) is 29.8. The molecule has 6 aromatic rings. The van der Waals surface area contributed by atoms with Crippen molar-refractivity contribution in [2.24, 2.45) is 0 Å². The Morgan fingerprint density at radius 3 is 0.919 bits per heavy atom. The SMILES string of the molecule is CN(C)[C@H]1CCCC[C@@H]1NCc1cc(C(C)(C)C)cc(C(C)(C)C)c1[O-].CN(C)[C@H]1CCCC[C@@H]1NCc1cc(C(C)(C)C)cc(C(C)(C)C)c1[O-].Cc1ccccc1.Cc1ccccc1.Cc1ccccc1.[Cl-].[Cl-].[Cl-].[In+3].[In+3].[O-]c1ccc(Br)cc1. The number of hydrogen-bond donors (Lipinski definition) is 2. The normalized spacial score (nSPS) is 16.3. The number of hydrogen-bond acceptors (Lipinski definition) is 7. The van der Waals surface area contributed by atoms with Crippen LogP contribution in [0.15, 0.2) is 144 Å². The second kappa shape index (κ2) is 42.7. The summed E-state index contributed by atoms with van der Waals surface area (Å²) in [5.41, 5.74) is 10.0. The Hall–Kier alpha value is -2.35. The Morgan fingerprint density at radius 2 is 0.698 bits per heavy atom. The van der Waals surface area contributed by atoms with Gasteiger partial charge in [0.15, 0.2) is 0 Å². The van der Waals surface area contributed by atoms with Crippen molar-refractivity contribution in [2.75, 3.05) is 28.2 Å². The Bertz CT molecular complexity index is 2490. The van der Waals surface area contributed by atoms with Crippen molar-refractivity contribution in [1.82, 2.24) is 20.4 Å². The van der Waals surface area contributed by atoms with Crippen LogP contribution in [-0.2, 0) is 34.7 Å². The van der Waals surface area contributed by atoms with E-state index in [4.69, 9.17) is 0 Å². The third-order valence-electron chi connectivity index (χ3n) is 15.2. The van der Waals surface area contributed by atoms with Crippen LogP contribution in [0.2, 0.25) is 0 Å². The fraction of sp³-hybridized carbons (Fsp3) is 0.507. The zero-order valence-electron chi connectivity index (χ0n) is 55.9. The van der Waals surface area contributed by atoms with Gasteiger partial charge in [-0.25, -0.2) is 0 Å². The van der Waals surface area contributed by atoms with E-state index in [0.717, 1.165) is 26.7 Å². The number of benzene rings is 6. The van der Waals surface area contributed by atoms with Gasteiger partial charge >= 0.3 is 51.7 Å². The summed E-state index contributed by atoms with van der Waals surface area (Å²) in [5, 5.41) is 44.1. The van der Waals surface area contributed by atoms with Crippen LogP contribution in [0.1, 0.15) is 185 Å². The molecule has 0 unspecified atom stereocenters. The van der Waals surface area contributed by atoms with E-state index < -0.39 is 0 Å². The Morgan fingerprint density at radius 1 is 0.419 bits per heavy atom. The number of nitrogens with zero attached hydrogens (tertiary/aromatic N) is 2. The molecule has 2 fully saturated rings. The molecule has 0 radical (unpaired) electrons. The quantitative estimate of drug-likeness (QED) is 0.182. The van der Waals surface area contributed by atoms with E-state index in [1.165, 1.54) is 91.3 Å². The molecule has 0 heterocycles. The van der Waals surface area contributed by atoms with Crippen LogP contribution in [0.4, 0.5) is 0 Å².